The number of hydrogen-bond donors (Lipinski definition) is 2. The van der Waals surface area contributed by atoms with Gasteiger partial charge in [0.2, 0.25) is 0 Å². The molecule has 1 unspecified atom stereocenters. The zero-order valence-corrected chi connectivity index (χ0v) is 7.15. The molecule has 1 fully saturated rings. The van der Waals surface area contributed by atoms with Crippen LogP contribution in [-0.4, -0.2) is 23.5 Å². The van der Waals surface area contributed by atoms with Crippen molar-refractivity contribution in [2.24, 2.45) is 10.8 Å². The quantitative estimate of drug-likeness (QED) is 0.432. The van der Waals surface area contributed by atoms with Crippen LogP contribution in [0.2, 0.25) is 0 Å². The van der Waals surface area contributed by atoms with Crippen molar-refractivity contribution in [3.63, 3.8) is 0 Å². The van der Waals surface area contributed by atoms with Crippen LogP contribution in [0.15, 0.2) is 5.10 Å². The van der Waals surface area contributed by atoms with E-state index in [2.05, 4.69) is 22.7 Å². The number of ether oxygens (including phenoxy) is 1. The van der Waals surface area contributed by atoms with Gasteiger partial charge >= 0.3 is 0 Å². The molecule has 0 spiro atoms. The molecule has 0 bridgehead atoms. The third-order valence-corrected chi connectivity index (χ3v) is 1.60. The summed E-state index contributed by atoms with van der Waals surface area (Å²) in [7, 11) is 0. The Morgan fingerprint density at radius 1 is 1.91 bits per heavy atom. The number of hydrogen-bond acceptors (Lipinski definition) is 3. The average Bonchev–Trinajstić information content (AvgIpc) is 2.31. The van der Waals surface area contributed by atoms with E-state index in [9.17, 15) is 0 Å². The summed E-state index contributed by atoms with van der Waals surface area (Å²) in [5.74, 6) is 0. The molecule has 1 atom stereocenters. The molecule has 0 radical (unpaired) electrons. The van der Waals surface area contributed by atoms with Gasteiger partial charge in [-0.05, 0) is 19.1 Å². The van der Waals surface area contributed by atoms with Crippen molar-refractivity contribution in [1.29, 1.82) is 0 Å². The zero-order valence-electron chi connectivity index (χ0n) is 6.33. The normalized spacial score (nSPS) is 27.4. The summed E-state index contributed by atoms with van der Waals surface area (Å²) in [6.45, 7) is 2.69. The summed E-state index contributed by atoms with van der Waals surface area (Å²) in [5, 5.41) is 4.17. The predicted molar refractivity (Wildman–Crippen MR) is 47.4 cm³/mol. The van der Waals surface area contributed by atoms with E-state index in [1.54, 1.807) is 0 Å². The van der Waals surface area contributed by atoms with E-state index in [1.807, 2.05) is 6.92 Å². The highest BCUT2D eigenvalue weighted by Crippen LogP contribution is 2.07. The van der Waals surface area contributed by atoms with Crippen molar-refractivity contribution >= 4 is 23.0 Å². The van der Waals surface area contributed by atoms with Crippen LogP contribution in [-0.2, 0) is 4.74 Å². The first kappa shape index (κ1) is 8.42. The number of nitrogens with two attached hydrogens (primary N) is 1. The molecule has 1 aliphatic rings. The number of hydrazone groups is 1. The summed E-state index contributed by atoms with van der Waals surface area (Å²) in [4.78, 5) is 0. The molecular formula is C6H11N3OS. The van der Waals surface area contributed by atoms with E-state index in [-0.39, 0.29) is 11.2 Å². The highest BCUT2D eigenvalue weighted by Gasteiger charge is 2.18. The van der Waals surface area contributed by atoms with E-state index in [0.29, 0.717) is 0 Å². The van der Waals surface area contributed by atoms with Crippen LogP contribution in [0.25, 0.3) is 0 Å². The maximum Gasteiger partial charge on any atom is 0.184 e. The monoisotopic (exact) mass is 173 g/mol. The summed E-state index contributed by atoms with van der Waals surface area (Å²) in [6.07, 6.45) is 0.952. The lowest BCUT2D eigenvalue weighted by atomic mass is 10.2. The van der Waals surface area contributed by atoms with Gasteiger partial charge in [-0.15, -0.1) is 0 Å². The maximum atomic E-state index is 5.24. The summed E-state index contributed by atoms with van der Waals surface area (Å²) >= 11 is 4.59. The molecule has 11 heavy (non-hydrogen) atoms. The molecule has 3 N–H and O–H groups in total. The fraction of sp³-hybridized carbons (Fsp3) is 0.667. The highest BCUT2D eigenvalue weighted by atomic mass is 32.1. The molecule has 4 nitrogen and oxygen atoms in total. The van der Waals surface area contributed by atoms with Gasteiger partial charge < -0.3 is 10.5 Å². The minimum absolute atomic E-state index is 0.0943. The Bertz CT molecular complexity index is 192. The molecule has 1 saturated heterocycles. The van der Waals surface area contributed by atoms with Gasteiger partial charge in [0.05, 0.1) is 18.4 Å². The second kappa shape index (κ2) is 3.64. The Hall–Kier alpha value is -0.680. The van der Waals surface area contributed by atoms with Gasteiger partial charge in [-0.1, -0.05) is 0 Å². The van der Waals surface area contributed by atoms with Gasteiger partial charge in [-0.3, -0.25) is 5.43 Å². The van der Waals surface area contributed by atoms with Crippen molar-refractivity contribution in [2.45, 2.75) is 19.4 Å². The lowest BCUT2D eigenvalue weighted by molar-refractivity contribution is 0.145. The zero-order chi connectivity index (χ0) is 8.27. The molecule has 0 amide bonds. The van der Waals surface area contributed by atoms with E-state index >= 15 is 0 Å². The van der Waals surface area contributed by atoms with Crippen LogP contribution in [0.4, 0.5) is 0 Å². The summed E-state index contributed by atoms with van der Waals surface area (Å²) < 4.78 is 5.24. The molecular weight excluding hydrogens is 162 g/mol. The van der Waals surface area contributed by atoms with Gasteiger partial charge in [-0.2, -0.15) is 5.10 Å². The molecule has 0 aromatic heterocycles. The number of nitrogens with zero attached hydrogens (tertiary/aromatic N) is 1. The van der Waals surface area contributed by atoms with Crippen LogP contribution in [0.3, 0.4) is 0 Å². The predicted octanol–water partition coefficient (Wildman–Crippen LogP) is -0.0156. The minimum Gasteiger partial charge on any atom is -0.375 e. The number of nitrogens with one attached hydrogen (secondary N) is 1. The van der Waals surface area contributed by atoms with Gasteiger partial charge in [0.1, 0.15) is 0 Å². The average molecular weight is 173 g/mol. The smallest absolute Gasteiger partial charge is 0.184 e. The fourth-order valence-electron chi connectivity index (χ4n) is 0.913. The Morgan fingerprint density at radius 2 is 2.64 bits per heavy atom. The molecule has 0 aromatic carbocycles. The van der Waals surface area contributed by atoms with Crippen molar-refractivity contribution in [3.8, 4) is 0 Å². The fourth-order valence-corrected chi connectivity index (χ4v) is 0.959. The third kappa shape index (κ3) is 2.44. The molecule has 1 heterocycles. The van der Waals surface area contributed by atoms with Crippen LogP contribution < -0.4 is 11.2 Å². The van der Waals surface area contributed by atoms with Crippen molar-refractivity contribution < 1.29 is 4.74 Å². The Morgan fingerprint density at radius 3 is 3.09 bits per heavy atom. The lowest BCUT2D eigenvalue weighted by Crippen LogP contribution is -2.26. The van der Waals surface area contributed by atoms with Gasteiger partial charge in [0.25, 0.3) is 0 Å². The summed E-state index contributed by atoms with van der Waals surface area (Å²) in [5.41, 5.74) is 8.69. The molecule has 1 aliphatic heterocycles. The number of thiocarbonyl (C=S) groups is 1. The second-order valence-corrected chi connectivity index (χ2v) is 2.78. The van der Waals surface area contributed by atoms with Gasteiger partial charge in [-0.25, -0.2) is 0 Å². The van der Waals surface area contributed by atoms with Crippen LogP contribution in [0.1, 0.15) is 13.3 Å². The third-order valence-electron chi connectivity index (χ3n) is 1.51. The maximum absolute atomic E-state index is 5.24. The molecule has 0 aromatic rings. The summed E-state index contributed by atoms with van der Waals surface area (Å²) in [6, 6.07) is 0. The first-order valence-electron chi connectivity index (χ1n) is 3.43. The topological polar surface area (TPSA) is 59.6 Å². The van der Waals surface area contributed by atoms with E-state index in [4.69, 9.17) is 10.5 Å². The second-order valence-electron chi connectivity index (χ2n) is 2.34. The Labute approximate surface area is 70.8 Å². The lowest BCUT2D eigenvalue weighted by Gasteiger charge is -2.02. The molecule has 0 saturated carbocycles. The van der Waals surface area contributed by atoms with Crippen LogP contribution >= 0.6 is 12.2 Å². The van der Waals surface area contributed by atoms with Gasteiger partial charge in [0, 0.05) is 6.42 Å². The molecule has 5 heteroatoms. The highest BCUT2D eigenvalue weighted by molar-refractivity contribution is 7.80. The van der Waals surface area contributed by atoms with Crippen molar-refractivity contribution in [1.82, 2.24) is 5.43 Å². The molecule has 62 valence electrons. The Balaban J connectivity index is 2.45. The van der Waals surface area contributed by atoms with Gasteiger partial charge in [0.15, 0.2) is 5.11 Å². The van der Waals surface area contributed by atoms with Crippen molar-refractivity contribution in [2.75, 3.05) is 6.61 Å². The first-order chi connectivity index (χ1) is 5.20. The largest absolute Gasteiger partial charge is 0.375 e. The van der Waals surface area contributed by atoms with Crippen LogP contribution in [0, 0.1) is 0 Å². The van der Waals surface area contributed by atoms with Crippen molar-refractivity contribution in [3.05, 3.63) is 0 Å². The Kier molecular flexibility index (Phi) is 2.78. The van der Waals surface area contributed by atoms with E-state index < -0.39 is 0 Å². The first-order valence-corrected chi connectivity index (χ1v) is 3.84. The molecule has 0 aliphatic carbocycles. The molecule has 1 rings (SSSR count). The van der Waals surface area contributed by atoms with E-state index in [1.165, 1.54) is 0 Å². The van der Waals surface area contributed by atoms with E-state index in [0.717, 1.165) is 18.7 Å². The van der Waals surface area contributed by atoms with Crippen LogP contribution in [0.5, 0.6) is 0 Å². The standard InChI is InChI=1S/C6H11N3OS/c1-4-5(2-3-10-4)8-9-6(7)11/h4H,2-3H2,1H3,(H3,7,9,11)/b8-5+. The number of rotatable bonds is 1. The SMILES string of the molecule is CC1OCC/C1=N\NC(N)=S. The minimum atomic E-state index is 0.0943.